The molecule has 5 rings (SSSR count). The molecule has 2 aromatic rings. The van der Waals surface area contributed by atoms with Crippen molar-refractivity contribution in [3.8, 4) is 12.1 Å². The highest BCUT2D eigenvalue weighted by Gasteiger charge is 2.57. The smallest absolute Gasteiger partial charge is 0.291 e. The molecule has 2 atom stereocenters. The third-order valence-electron chi connectivity index (χ3n) is 8.29. The Morgan fingerprint density at radius 1 is 1.11 bits per heavy atom. The van der Waals surface area contributed by atoms with Crippen LogP contribution in [0, 0.1) is 28.1 Å². The van der Waals surface area contributed by atoms with Crippen LogP contribution in [0.3, 0.4) is 0 Å². The first-order valence-corrected chi connectivity index (χ1v) is 12.7. The van der Waals surface area contributed by atoms with Gasteiger partial charge < -0.3 is 15.0 Å². The number of amides is 1. The minimum atomic E-state index is -0.646. The second kappa shape index (κ2) is 8.32. The lowest BCUT2D eigenvalue weighted by atomic mass is 9.67. The number of fused-ring (bicyclic) bond motifs is 2. The van der Waals surface area contributed by atoms with Gasteiger partial charge in [-0.15, -0.1) is 0 Å². The van der Waals surface area contributed by atoms with E-state index in [0.717, 1.165) is 43.2 Å². The van der Waals surface area contributed by atoms with Crippen molar-refractivity contribution in [3.05, 3.63) is 53.1 Å². The molecule has 186 valence electrons. The highest BCUT2D eigenvalue weighted by atomic mass is 16.5. The summed E-state index contributed by atoms with van der Waals surface area (Å²) in [6.45, 7) is 8.80. The molecule has 2 N–H and O–H groups in total. The summed E-state index contributed by atoms with van der Waals surface area (Å²) < 4.78 is 6.40. The molecule has 1 aromatic heterocycles. The minimum Gasteiger partial charge on any atom is -0.369 e. The largest absolute Gasteiger partial charge is 0.369 e. The van der Waals surface area contributed by atoms with E-state index in [9.17, 15) is 10.1 Å². The van der Waals surface area contributed by atoms with Crippen molar-refractivity contribution < 1.29 is 9.53 Å². The Hall–Kier alpha value is -3.42. The third-order valence-corrected chi connectivity index (χ3v) is 8.29. The second-order valence-electron chi connectivity index (χ2n) is 12.1. The Labute approximate surface area is 212 Å². The Morgan fingerprint density at radius 3 is 2.42 bits per heavy atom. The van der Waals surface area contributed by atoms with Gasteiger partial charge in [0, 0.05) is 11.3 Å². The molecule has 2 saturated heterocycles. The molecule has 0 saturated carbocycles. The molecule has 0 unspecified atom stereocenters. The first-order valence-electron chi connectivity index (χ1n) is 12.7. The predicted octanol–water partition coefficient (Wildman–Crippen LogP) is 6.01. The fraction of sp³-hybridized carbons (Fsp3) is 0.517. The number of carbonyl (C=O) groups excluding carboxylic acids is 1. The van der Waals surface area contributed by atoms with E-state index in [-0.39, 0.29) is 28.1 Å². The van der Waals surface area contributed by atoms with Crippen molar-refractivity contribution in [2.45, 2.75) is 89.3 Å². The van der Waals surface area contributed by atoms with Gasteiger partial charge in [-0.2, -0.15) is 10.5 Å². The first kappa shape index (κ1) is 24.3. The van der Waals surface area contributed by atoms with E-state index in [1.807, 2.05) is 18.2 Å². The van der Waals surface area contributed by atoms with E-state index in [0.29, 0.717) is 18.5 Å². The van der Waals surface area contributed by atoms with Gasteiger partial charge in [0.2, 0.25) is 0 Å². The molecule has 0 radical (unpaired) electrons. The number of nitriles is 2. The molecule has 1 amide bonds. The third kappa shape index (κ3) is 4.33. The summed E-state index contributed by atoms with van der Waals surface area (Å²) in [6.07, 6.45) is 9.76. The van der Waals surface area contributed by atoms with E-state index >= 15 is 0 Å². The summed E-state index contributed by atoms with van der Waals surface area (Å²) in [5.41, 5.74) is 3.03. The number of hydrogen-bond donors (Lipinski definition) is 2. The van der Waals surface area contributed by atoms with Crippen LogP contribution in [0.4, 0.5) is 5.69 Å². The van der Waals surface area contributed by atoms with Gasteiger partial charge in [0.05, 0.1) is 28.9 Å². The van der Waals surface area contributed by atoms with Crippen LogP contribution in [-0.4, -0.2) is 27.1 Å². The number of aromatic amines is 1. The van der Waals surface area contributed by atoms with Crippen LogP contribution in [0.15, 0.2) is 30.5 Å². The van der Waals surface area contributed by atoms with Crippen LogP contribution < -0.4 is 5.32 Å². The van der Waals surface area contributed by atoms with Gasteiger partial charge in [-0.25, -0.2) is 4.98 Å². The average molecular weight is 484 g/mol. The number of imidazole rings is 1. The number of anilines is 1. The molecule has 7 nitrogen and oxygen atoms in total. The maximum atomic E-state index is 13.0. The number of carbonyl (C=O) groups is 1. The van der Waals surface area contributed by atoms with Gasteiger partial charge in [-0.3, -0.25) is 4.79 Å². The van der Waals surface area contributed by atoms with Gasteiger partial charge in [0.1, 0.15) is 11.8 Å². The predicted molar refractivity (Wildman–Crippen MR) is 137 cm³/mol. The zero-order valence-corrected chi connectivity index (χ0v) is 21.5. The summed E-state index contributed by atoms with van der Waals surface area (Å²) in [5, 5.41) is 22.6. The van der Waals surface area contributed by atoms with Crippen molar-refractivity contribution in [1.82, 2.24) is 9.97 Å². The summed E-state index contributed by atoms with van der Waals surface area (Å²) in [6, 6.07) is 10.7. The van der Waals surface area contributed by atoms with Crippen molar-refractivity contribution in [1.29, 1.82) is 10.5 Å². The van der Waals surface area contributed by atoms with E-state index in [1.54, 1.807) is 0 Å². The molecule has 2 aliphatic heterocycles. The molecule has 1 aliphatic carbocycles. The molecule has 3 heterocycles. The number of allylic oxidation sites excluding steroid dienone is 2. The number of nitrogens with one attached hydrogen (secondary N) is 2. The monoisotopic (exact) mass is 483 g/mol. The van der Waals surface area contributed by atoms with Crippen LogP contribution >= 0.6 is 0 Å². The van der Waals surface area contributed by atoms with Gasteiger partial charge >= 0.3 is 0 Å². The standard InChI is InChI=1S/C29H33N5O2/c1-26(2)9-7-19(8-10-26)22-13-20(29(18-31)16-27(3)11-12-28(4,17-29)36-27)5-6-23(22)34-25(35)24-32-15-21(14-30)33-24/h5-7,13,15H,8-12,16-17H2,1-4H3,(H,32,33)(H,34,35)/t27-,28-/m1/s1. The van der Waals surface area contributed by atoms with Gasteiger partial charge in [0.15, 0.2) is 5.82 Å². The van der Waals surface area contributed by atoms with Crippen LogP contribution in [0.5, 0.6) is 0 Å². The van der Waals surface area contributed by atoms with E-state index in [4.69, 9.17) is 10.00 Å². The fourth-order valence-electron chi connectivity index (χ4n) is 6.37. The van der Waals surface area contributed by atoms with E-state index in [2.05, 4.69) is 61.2 Å². The number of rotatable bonds is 4. The summed E-state index contributed by atoms with van der Waals surface area (Å²) >= 11 is 0. The maximum Gasteiger partial charge on any atom is 0.291 e. The van der Waals surface area contributed by atoms with Crippen LogP contribution in [0.25, 0.3) is 5.57 Å². The number of hydrogen-bond acceptors (Lipinski definition) is 5. The summed E-state index contributed by atoms with van der Waals surface area (Å²) in [4.78, 5) is 19.7. The van der Waals surface area contributed by atoms with E-state index < -0.39 is 11.3 Å². The van der Waals surface area contributed by atoms with Crippen LogP contribution in [0.2, 0.25) is 0 Å². The Kier molecular flexibility index (Phi) is 5.61. The summed E-state index contributed by atoms with van der Waals surface area (Å²) in [7, 11) is 0. The van der Waals surface area contributed by atoms with E-state index in [1.165, 1.54) is 11.8 Å². The second-order valence-corrected chi connectivity index (χ2v) is 12.1. The molecule has 7 heteroatoms. The quantitative estimate of drug-likeness (QED) is 0.553. The fourth-order valence-corrected chi connectivity index (χ4v) is 6.37. The zero-order chi connectivity index (χ0) is 25.8. The normalized spacial score (nSPS) is 30.7. The Balaban J connectivity index is 1.55. The lowest BCUT2D eigenvalue weighted by Gasteiger charge is -2.45. The average Bonchev–Trinajstić information content (AvgIpc) is 3.41. The van der Waals surface area contributed by atoms with Crippen molar-refractivity contribution in [2.24, 2.45) is 5.41 Å². The van der Waals surface area contributed by atoms with Crippen molar-refractivity contribution in [2.75, 3.05) is 5.32 Å². The molecule has 2 fully saturated rings. The molecule has 3 aliphatic rings. The van der Waals surface area contributed by atoms with Crippen LogP contribution in [0.1, 0.15) is 100 Å². The summed E-state index contributed by atoms with van der Waals surface area (Å²) in [5.74, 6) is -0.308. The van der Waals surface area contributed by atoms with Crippen molar-refractivity contribution >= 4 is 17.2 Å². The topological polar surface area (TPSA) is 115 Å². The minimum absolute atomic E-state index is 0.0932. The molecule has 1 aromatic carbocycles. The molecule has 0 spiro atoms. The zero-order valence-electron chi connectivity index (χ0n) is 21.5. The highest BCUT2D eigenvalue weighted by molar-refractivity contribution is 6.03. The molecular weight excluding hydrogens is 450 g/mol. The Morgan fingerprint density at radius 2 is 1.83 bits per heavy atom. The molecular formula is C29H33N5O2. The number of benzene rings is 1. The van der Waals surface area contributed by atoms with Crippen LogP contribution in [-0.2, 0) is 10.2 Å². The number of H-pyrrole nitrogens is 1. The molecule has 2 bridgehead atoms. The number of nitrogens with zero attached hydrogens (tertiary/aromatic N) is 3. The lowest BCUT2D eigenvalue weighted by Crippen LogP contribution is -2.48. The molecule has 36 heavy (non-hydrogen) atoms. The number of ether oxygens (including phenoxy) is 1. The van der Waals surface area contributed by atoms with Gasteiger partial charge in [-0.05, 0) is 87.5 Å². The Bertz CT molecular complexity index is 1320. The number of aromatic nitrogens is 2. The maximum absolute atomic E-state index is 13.0. The SMILES string of the molecule is CC1(C)CC=C(c2cc(C3(C#N)C[C@@]4(C)CC[C@](C)(C3)O4)ccc2NC(=O)c2ncc(C#N)[nH]2)CC1. The van der Waals surface area contributed by atoms with Gasteiger partial charge in [-0.1, -0.05) is 26.0 Å². The lowest BCUT2D eigenvalue weighted by molar-refractivity contribution is -0.138. The highest BCUT2D eigenvalue weighted by Crippen LogP contribution is 2.56. The van der Waals surface area contributed by atoms with Crippen molar-refractivity contribution in [3.63, 3.8) is 0 Å². The van der Waals surface area contributed by atoms with Gasteiger partial charge in [0.25, 0.3) is 5.91 Å². The first-order chi connectivity index (χ1) is 17.0.